The van der Waals surface area contributed by atoms with Gasteiger partial charge in [-0.3, -0.25) is 4.79 Å². The molecule has 0 saturated carbocycles. The van der Waals surface area contributed by atoms with Gasteiger partial charge < -0.3 is 24.1 Å². The van der Waals surface area contributed by atoms with E-state index in [0.717, 1.165) is 7.11 Å². The van der Waals surface area contributed by atoms with Gasteiger partial charge in [0.1, 0.15) is 33.2 Å². The van der Waals surface area contributed by atoms with Crippen molar-refractivity contribution in [3.8, 4) is 28.7 Å². The summed E-state index contributed by atoms with van der Waals surface area (Å²) in [6, 6.07) is 0. The summed E-state index contributed by atoms with van der Waals surface area (Å²) in [5, 5.41) is 9.89. The van der Waals surface area contributed by atoms with Crippen LogP contribution in [0.2, 0.25) is 10.0 Å². The van der Waals surface area contributed by atoms with Crippen molar-refractivity contribution < 1.29 is 38.4 Å². The maximum Gasteiger partial charge on any atom is 0.347 e. The van der Waals surface area contributed by atoms with Crippen LogP contribution in [-0.2, 0) is 4.74 Å². The Balaban J connectivity index is 2.47. The topological polar surface area (TPSA) is 108 Å². The molecule has 10 heteroatoms. The Labute approximate surface area is 174 Å². The minimum atomic E-state index is -0.912. The summed E-state index contributed by atoms with van der Waals surface area (Å²) in [6.45, 7) is 2.98. The number of halogens is 2. The summed E-state index contributed by atoms with van der Waals surface area (Å²) in [6.07, 6.45) is 0.271. The van der Waals surface area contributed by atoms with Crippen molar-refractivity contribution in [1.29, 1.82) is 0 Å². The molecule has 2 aromatic rings. The molecule has 0 saturated heterocycles. The molecule has 29 heavy (non-hydrogen) atoms. The normalized spacial score (nSPS) is 12.1. The third-order valence-electron chi connectivity index (χ3n) is 4.49. The van der Waals surface area contributed by atoms with Crippen molar-refractivity contribution in [3.63, 3.8) is 0 Å². The number of benzene rings is 2. The fourth-order valence-electron chi connectivity index (χ4n) is 3.04. The molecule has 0 aliphatic carbocycles. The zero-order valence-corrected chi connectivity index (χ0v) is 17.2. The van der Waals surface area contributed by atoms with Crippen LogP contribution < -0.4 is 14.2 Å². The molecule has 0 unspecified atom stereocenters. The van der Waals surface area contributed by atoms with Gasteiger partial charge in [0.2, 0.25) is 0 Å². The number of hydrogen-bond donors (Lipinski definition) is 1. The molecule has 2 aromatic carbocycles. The van der Waals surface area contributed by atoms with Crippen LogP contribution in [0.25, 0.3) is 0 Å². The monoisotopic (exact) mass is 440 g/mol. The van der Waals surface area contributed by atoms with Crippen LogP contribution in [0.15, 0.2) is 0 Å². The number of hydrogen-bond acceptors (Lipinski definition) is 8. The number of rotatable bonds is 3. The van der Waals surface area contributed by atoms with E-state index in [4.69, 9.17) is 42.1 Å². The van der Waals surface area contributed by atoms with Gasteiger partial charge in [0.15, 0.2) is 23.5 Å². The molecule has 0 spiro atoms. The Morgan fingerprint density at radius 1 is 1.03 bits per heavy atom. The number of esters is 2. The number of carbonyl (C=O) groups excluding carboxylic acids is 3. The zero-order valence-electron chi connectivity index (χ0n) is 15.6. The van der Waals surface area contributed by atoms with Crippen LogP contribution in [0.5, 0.6) is 28.7 Å². The van der Waals surface area contributed by atoms with Gasteiger partial charge in [-0.1, -0.05) is 23.2 Å². The van der Waals surface area contributed by atoms with Crippen molar-refractivity contribution in [2.24, 2.45) is 0 Å². The molecular weight excluding hydrogens is 427 g/mol. The minimum Gasteiger partial charge on any atom is -0.505 e. The van der Waals surface area contributed by atoms with Crippen molar-refractivity contribution >= 4 is 41.4 Å². The van der Waals surface area contributed by atoms with Gasteiger partial charge in [-0.2, -0.15) is 0 Å². The highest BCUT2D eigenvalue weighted by Gasteiger charge is 2.37. The molecule has 3 rings (SSSR count). The standard InChI is InChI=1S/C19H14Cl2O8/c1-6-9-16(8(5-22)13(23)11(6)20)28-17-10(18(24)27-4)12(21)14(26-3)7(2)15(17)29-19(9)25/h5,23H,1-4H3. The van der Waals surface area contributed by atoms with Crippen LogP contribution in [0.4, 0.5) is 0 Å². The van der Waals surface area contributed by atoms with Crippen molar-refractivity contribution in [1.82, 2.24) is 0 Å². The van der Waals surface area contributed by atoms with Gasteiger partial charge in [0.25, 0.3) is 0 Å². The highest BCUT2D eigenvalue weighted by Crippen LogP contribution is 2.52. The quantitative estimate of drug-likeness (QED) is 0.428. The first-order valence-electron chi connectivity index (χ1n) is 8.08. The van der Waals surface area contributed by atoms with E-state index in [0.29, 0.717) is 0 Å². The minimum absolute atomic E-state index is 0.0707. The van der Waals surface area contributed by atoms with Gasteiger partial charge in [-0.15, -0.1) is 0 Å². The van der Waals surface area contributed by atoms with Crippen LogP contribution in [-0.4, -0.2) is 37.6 Å². The smallest absolute Gasteiger partial charge is 0.347 e. The van der Waals surface area contributed by atoms with Gasteiger partial charge in [0, 0.05) is 5.56 Å². The van der Waals surface area contributed by atoms with Crippen LogP contribution >= 0.6 is 23.2 Å². The van der Waals surface area contributed by atoms with Crippen molar-refractivity contribution in [2.75, 3.05) is 14.2 Å². The van der Waals surface area contributed by atoms with E-state index in [-0.39, 0.29) is 67.1 Å². The lowest BCUT2D eigenvalue weighted by atomic mass is 10.0. The van der Waals surface area contributed by atoms with E-state index >= 15 is 0 Å². The predicted molar refractivity (Wildman–Crippen MR) is 102 cm³/mol. The van der Waals surface area contributed by atoms with E-state index in [1.54, 1.807) is 0 Å². The summed E-state index contributed by atoms with van der Waals surface area (Å²) in [7, 11) is 2.45. The largest absolute Gasteiger partial charge is 0.505 e. The second-order valence-electron chi connectivity index (χ2n) is 6.01. The number of carbonyl (C=O) groups is 3. The molecule has 1 heterocycles. The maximum absolute atomic E-state index is 12.9. The van der Waals surface area contributed by atoms with Gasteiger partial charge >= 0.3 is 11.9 Å². The molecule has 1 aliphatic rings. The van der Waals surface area contributed by atoms with Gasteiger partial charge in [-0.25, -0.2) is 9.59 Å². The Kier molecular flexibility index (Phi) is 5.34. The third kappa shape index (κ3) is 2.95. The second kappa shape index (κ2) is 7.46. The fourth-order valence-corrected chi connectivity index (χ4v) is 3.62. The number of methoxy groups -OCH3 is 2. The lowest BCUT2D eigenvalue weighted by molar-refractivity contribution is 0.0594. The van der Waals surface area contributed by atoms with E-state index in [1.807, 2.05) is 0 Å². The molecular formula is C19H14Cl2O8. The van der Waals surface area contributed by atoms with E-state index in [9.17, 15) is 19.5 Å². The maximum atomic E-state index is 12.9. The van der Waals surface area contributed by atoms with E-state index in [2.05, 4.69) is 0 Å². The highest BCUT2D eigenvalue weighted by molar-refractivity contribution is 6.36. The molecule has 1 aliphatic heterocycles. The predicted octanol–water partition coefficient (Wildman–Crippen LogP) is 4.25. The molecule has 0 radical (unpaired) electrons. The number of aromatic hydroxyl groups is 1. The number of fused-ring (bicyclic) bond motifs is 2. The molecule has 8 nitrogen and oxygen atoms in total. The Morgan fingerprint density at radius 3 is 2.24 bits per heavy atom. The van der Waals surface area contributed by atoms with Gasteiger partial charge in [0.05, 0.1) is 19.2 Å². The first-order valence-corrected chi connectivity index (χ1v) is 8.83. The summed E-state index contributed by atoms with van der Waals surface area (Å²) in [5.74, 6) is -3.06. The van der Waals surface area contributed by atoms with Crippen molar-refractivity contribution in [3.05, 3.63) is 37.9 Å². The Hall–Kier alpha value is -2.97. The molecule has 152 valence electrons. The SMILES string of the molecule is COC(=O)c1c(Cl)c(OC)c(C)c2c1Oc1c(C=O)c(O)c(Cl)c(C)c1C(=O)O2. The Bertz CT molecular complexity index is 1090. The third-order valence-corrected chi connectivity index (χ3v) is 5.31. The molecule has 1 N–H and O–H groups in total. The number of phenolic OH excluding ortho intramolecular Hbond substituents is 1. The second-order valence-corrected chi connectivity index (χ2v) is 6.77. The highest BCUT2D eigenvalue weighted by atomic mass is 35.5. The summed E-state index contributed by atoms with van der Waals surface area (Å²) in [5.41, 5.74) is -0.465. The van der Waals surface area contributed by atoms with E-state index < -0.39 is 17.7 Å². The van der Waals surface area contributed by atoms with Gasteiger partial charge in [-0.05, 0) is 19.4 Å². The molecule has 0 atom stereocenters. The Morgan fingerprint density at radius 2 is 1.69 bits per heavy atom. The zero-order chi connectivity index (χ0) is 21.6. The summed E-state index contributed by atoms with van der Waals surface area (Å²) >= 11 is 12.4. The average molecular weight is 441 g/mol. The van der Waals surface area contributed by atoms with E-state index in [1.165, 1.54) is 21.0 Å². The molecule has 0 amide bonds. The van der Waals surface area contributed by atoms with Crippen LogP contribution in [0, 0.1) is 13.8 Å². The molecule has 0 bridgehead atoms. The molecule has 0 fully saturated rings. The number of phenols is 1. The average Bonchev–Trinajstić information content (AvgIpc) is 2.83. The molecule has 0 aromatic heterocycles. The van der Waals surface area contributed by atoms with Crippen molar-refractivity contribution in [2.45, 2.75) is 13.8 Å². The van der Waals surface area contributed by atoms with Crippen LogP contribution in [0.3, 0.4) is 0 Å². The van der Waals surface area contributed by atoms with Crippen LogP contribution in [0.1, 0.15) is 42.2 Å². The lowest BCUT2D eigenvalue weighted by Gasteiger charge is -2.18. The lowest BCUT2D eigenvalue weighted by Crippen LogP contribution is -2.12. The number of ether oxygens (including phenoxy) is 4. The number of aldehydes is 1. The summed E-state index contributed by atoms with van der Waals surface area (Å²) < 4.78 is 21.2. The summed E-state index contributed by atoms with van der Waals surface area (Å²) in [4.78, 5) is 36.9. The fraction of sp³-hybridized carbons (Fsp3) is 0.211. The first-order chi connectivity index (χ1) is 13.7. The first kappa shape index (κ1) is 20.8.